The lowest BCUT2D eigenvalue weighted by Crippen LogP contribution is -2.48. The Labute approximate surface area is 102 Å². The highest BCUT2D eigenvalue weighted by atomic mass is 16.5. The van der Waals surface area contributed by atoms with Gasteiger partial charge in [0.15, 0.2) is 0 Å². The van der Waals surface area contributed by atoms with Crippen molar-refractivity contribution in [3.05, 3.63) is 11.8 Å². The van der Waals surface area contributed by atoms with Gasteiger partial charge in [0.25, 0.3) is 0 Å². The van der Waals surface area contributed by atoms with Gasteiger partial charge in [0.1, 0.15) is 5.82 Å². The van der Waals surface area contributed by atoms with E-state index in [1.54, 1.807) is 0 Å². The molecule has 0 aliphatic carbocycles. The molecule has 5 nitrogen and oxygen atoms in total. The fraction of sp³-hybridized carbons (Fsp3) is 0.667. The number of aromatic nitrogens is 2. The number of morpholine rings is 1. The van der Waals surface area contributed by atoms with Gasteiger partial charge in [-0.05, 0) is 20.8 Å². The molecule has 1 aromatic rings. The zero-order valence-electron chi connectivity index (χ0n) is 10.9. The Kier molecular flexibility index (Phi) is 3.19. The number of nitrogens with zero attached hydrogens (tertiary/aromatic N) is 3. The van der Waals surface area contributed by atoms with Crippen molar-refractivity contribution in [1.29, 1.82) is 0 Å². The number of hydrogen-bond acceptors (Lipinski definition) is 5. The summed E-state index contributed by atoms with van der Waals surface area (Å²) >= 11 is 0. The van der Waals surface area contributed by atoms with Crippen LogP contribution >= 0.6 is 0 Å². The van der Waals surface area contributed by atoms with Gasteiger partial charge in [-0.3, -0.25) is 0 Å². The van der Waals surface area contributed by atoms with Gasteiger partial charge in [0.05, 0.1) is 12.2 Å². The lowest BCUT2D eigenvalue weighted by molar-refractivity contribution is -0.0279. The summed E-state index contributed by atoms with van der Waals surface area (Å²) < 4.78 is 5.70. The van der Waals surface area contributed by atoms with Crippen molar-refractivity contribution in [2.75, 3.05) is 37.0 Å². The van der Waals surface area contributed by atoms with Gasteiger partial charge >= 0.3 is 0 Å². The van der Waals surface area contributed by atoms with Gasteiger partial charge < -0.3 is 15.0 Å². The second-order valence-corrected chi connectivity index (χ2v) is 4.97. The summed E-state index contributed by atoms with van der Waals surface area (Å²) in [6.07, 6.45) is 0. The average Bonchev–Trinajstić information content (AvgIpc) is 2.27. The van der Waals surface area contributed by atoms with Crippen LogP contribution in [0.4, 0.5) is 11.8 Å². The second-order valence-electron chi connectivity index (χ2n) is 4.97. The van der Waals surface area contributed by atoms with Crippen LogP contribution in [0.3, 0.4) is 0 Å². The molecule has 94 valence electrons. The number of rotatable bonds is 2. The minimum Gasteiger partial charge on any atom is -0.372 e. The van der Waals surface area contributed by atoms with Gasteiger partial charge in [-0.25, -0.2) is 4.98 Å². The lowest BCUT2D eigenvalue weighted by atomic mass is 10.1. The third-order valence-corrected chi connectivity index (χ3v) is 2.81. The molecule has 0 saturated carbocycles. The Hall–Kier alpha value is -1.36. The van der Waals surface area contributed by atoms with E-state index in [0.717, 1.165) is 31.2 Å². The smallest absolute Gasteiger partial charge is 0.224 e. The van der Waals surface area contributed by atoms with Gasteiger partial charge in [-0.15, -0.1) is 0 Å². The van der Waals surface area contributed by atoms with Crippen LogP contribution in [0.2, 0.25) is 0 Å². The minimum absolute atomic E-state index is 0.114. The Morgan fingerprint density at radius 2 is 2.18 bits per heavy atom. The van der Waals surface area contributed by atoms with E-state index in [0.29, 0.717) is 5.95 Å². The van der Waals surface area contributed by atoms with E-state index in [-0.39, 0.29) is 5.60 Å². The van der Waals surface area contributed by atoms with E-state index in [2.05, 4.69) is 34.0 Å². The third kappa shape index (κ3) is 2.85. The van der Waals surface area contributed by atoms with Crippen molar-refractivity contribution in [1.82, 2.24) is 9.97 Å². The Morgan fingerprint density at radius 1 is 1.41 bits per heavy atom. The zero-order chi connectivity index (χ0) is 12.5. The maximum Gasteiger partial charge on any atom is 0.224 e. The highest BCUT2D eigenvalue weighted by molar-refractivity contribution is 5.45. The predicted molar refractivity (Wildman–Crippen MR) is 68.6 cm³/mol. The quantitative estimate of drug-likeness (QED) is 0.842. The molecule has 2 heterocycles. The van der Waals surface area contributed by atoms with Crippen LogP contribution in [-0.2, 0) is 4.74 Å². The molecule has 0 bridgehead atoms. The summed E-state index contributed by atoms with van der Waals surface area (Å²) in [5.74, 6) is 1.64. The molecule has 0 radical (unpaired) electrons. The molecule has 1 aromatic heterocycles. The first-order chi connectivity index (χ1) is 8.00. The first-order valence-corrected chi connectivity index (χ1v) is 5.92. The van der Waals surface area contributed by atoms with Crippen LogP contribution < -0.4 is 10.2 Å². The summed E-state index contributed by atoms with van der Waals surface area (Å²) in [5, 5.41) is 2.99. The Bertz CT molecular complexity index is 405. The van der Waals surface area contributed by atoms with Gasteiger partial charge in [-0.2, -0.15) is 4.98 Å². The topological polar surface area (TPSA) is 50.3 Å². The molecule has 1 fully saturated rings. The van der Waals surface area contributed by atoms with Crippen LogP contribution in [0, 0.1) is 6.92 Å². The summed E-state index contributed by atoms with van der Waals surface area (Å²) in [6, 6.07) is 2.02. The highest BCUT2D eigenvalue weighted by Crippen LogP contribution is 2.22. The molecular weight excluding hydrogens is 216 g/mol. The molecule has 0 aromatic carbocycles. The standard InChI is InChI=1S/C12H20N4O/c1-9-7-10(15-11(13-4)14-9)16-5-6-17-12(2,3)8-16/h7H,5-6,8H2,1-4H3,(H,13,14,15). The van der Waals surface area contributed by atoms with E-state index in [1.165, 1.54) is 0 Å². The molecule has 0 amide bonds. The van der Waals surface area contributed by atoms with Gasteiger partial charge in [0, 0.05) is 31.9 Å². The molecule has 1 N–H and O–H groups in total. The Morgan fingerprint density at radius 3 is 2.82 bits per heavy atom. The SMILES string of the molecule is CNc1nc(C)cc(N2CCOC(C)(C)C2)n1. The molecule has 0 spiro atoms. The molecule has 0 unspecified atom stereocenters. The van der Waals surface area contributed by atoms with E-state index in [9.17, 15) is 0 Å². The lowest BCUT2D eigenvalue weighted by Gasteiger charge is -2.38. The van der Waals surface area contributed by atoms with E-state index >= 15 is 0 Å². The van der Waals surface area contributed by atoms with Crippen LogP contribution in [0.5, 0.6) is 0 Å². The molecule has 1 saturated heterocycles. The molecule has 17 heavy (non-hydrogen) atoms. The second kappa shape index (κ2) is 4.49. The van der Waals surface area contributed by atoms with Crippen LogP contribution in [-0.4, -0.2) is 42.3 Å². The number of hydrogen-bond donors (Lipinski definition) is 1. The maximum absolute atomic E-state index is 5.70. The fourth-order valence-electron chi connectivity index (χ4n) is 2.04. The molecule has 5 heteroatoms. The van der Waals surface area contributed by atoms with Crippen LogP contribution in [0.15, 0.2) is 6.07 Å². The van der Waals surface area contributed by atoms with E-state index in [4.69, 9.17) is 4.74 Å². The summed E-state index contributed by atoms with van der Waals surface area (Å²) in [6.45, 7) is 8.66. The number of ether oxygens (including phenoxy) is 1. The van der Waals surface area contributed by atoms with Crippen molar-refractivity contribution in [2.24, 2.45) is 0 Å². The van der Waals surface area contributed by atoms with Crippen molar-refractivity contribution in [3.8, 4) is 0 Å². The zero-order valence-corrected chi connectivity index (χ0v) is 10.9. The largest absolute Gasteiger partial charge is 0.372 e. The Balaban J connectivity index is 2.24. The number of nitrogens with one attached hydrogen (secondary N) is 1. The first-order valence-electron chi connectivity index (χ1n) is 5.92. The first kappa shape index (κ1) is 12.1. The summed E-state index contributed by atoms with van der Waals surface area (Å²) in [4.78, 5) is 11.0. The van der Waals surface area contributed by atoms with Crippen molar-refractivity contribution in [2.45, 2.75) is 26.4 Å². The molecule has 0 atom stereocenters. The predicted octanol–water partition coefficient (Wildman–Crippen LogP) is 1.44. The maximum atomic E-state index is 5.70. The third-order valence-electron chi connectivity index (χ3n) is 2.81. The molecular formula is C12H20N4O. The van der Waals surface area contributed by atoms with Crippen LogP contribution in [0.1, 0.15) is 19.5 Å². The van der Waals surface area contributed by atoms with Crippen LogP contribution in [0.25, 0.3) is 0 Å². The van der Waals surface area contributed by atoms with Gasteiger partial charge in [-0.1, -0.05) is 0 Å². The molecule has 1 aliphatic heterocycles. The van der Waals surface area contributed by atoms with Crippen molar-refractivity contribution in [3.63, 3.8) is 0 Å². The monoisotopic (exact) mass is 236 g/mol. The minimum atomic E-state index is -0.114. The van der Waals surface area contributed by atoms with E-state index < -0.39 is 0 Å². The summed E-state index contributed by atoms with van der Waals surface area (Å²) in [7, 11) is 1.84. The molecule has 1 aliphatic rings. The van der Waals surface area contributed by atoms with Crippen molar-refractivity contribution < 1.29 is 4.74 Å². The molecule has 2 rings (SSSR count). The normalized spacial score (nSPS) is 19.2. The fourth-order valence-corrected chi connectivity index (χ4v) is 2.04. The summed E-state index contributed by atoms with van der Waals surface area (Å²) in [5.41, 5.74) is 0.861. The number of anilines is 2. The average molecular weight is 236 g/mol. The highest BCUT2D eigenvalue weighted by Gasteiger charge is 2.28. The van der Waals surface area contributed by atoms with Crippen molar-refractivity contribution >= 4 is 11.8 Å². The number of aryl methyl sites for hydroxylation is 1. The van der Waals surface area contributed by atoms with E-state index in [1.807, 2.05) is 20.0 Å². The van der Waals surface area contributed by atoms with Gasteiger partial charge in [0.2, 0.25) is 5.95 Å².